The molecule has 2 N–H and O–H groups in total. The van der Waals surface area contributed by atoms with Gasteiger partial charge >= 0.3 is 0 Å². The van der Waals surface area contributed by atoms with Gasteiger partial charge in [0.05, 0.1) is 5.75 Å². The van der Waals surface area contributed by atoms with Gasteiger partial charge in [0.1, 0.15) is 0 Å². The largest absolute Gasteiger partial charge is 0.379 e. The molecule has 0 bridgehead atoms. The summed E-state index contributed by atoms with van der Waals surface area (Å²) in [7, 11) is 0. The SMILES string of the molecule is OC1(c2nc(CSc3ccccc3Br)no2)CCCNC1. The minimum Gasteiger partial charge on any atom is -0.379 e. The number of aliphatic hydroxyl groups is 1. The summed E-state index contributed by atoms with van der Waals surface area (Å²) in [6.07, 6.45) is 1.55. The van der Waals surface area contributed by atoms with Gasteiger partial charge < -0.3 is 14.9 Å². The van der Waals surface area contributed by atoms with Crippen LogP contribution in [-0.4, -0.2) is 28.3 Å². The third kappa shape index (κ3) is 3.48. The van der Waals surface area contributed by atoms with E-state index in [2.05, 4.69) is 31.4 Å². The molecule has 3 rings (SSSR count). The van der Waals surface area contributed by atoms with Gasteiger partial charge in [-0.1, -0.05) is 17.3 Å². The van der Waals surface area contributed by atoms with Gasteiger partial charge in [-0.15, -0.1) is 11.8 Å². The van der Waals surface area contributed by atoms with Crippen molar-refractivity contribution in [3.63, 3.8) is 0 Å². The molecular formula is C14H16BrN3O2S. The number of β-amino-alcohol motifs (C(OH)–C–C–N with tert-alkyl or cyclic N) is 1. The quantitative estimate of drug-likeness (QED) is 0.807. The molecule has 7 heteroatoms. The number of benzene rings is 1. The second kappa shape index (κ2) is 6.48. The second-order valence-electron chi connectivity index (χ2n) is 5.05. The number of piperidine rings is 1. The number of hydrogen-bond acceptors (Lipinski definition) is 6. The molecule has 1 saturated heterocycles. The first-order valence-electron chi connectivity index (χ1n) is 6.81. The number of halogens is 1. The number of aromatic nitrogens is 2. The summed E-state index contributed by atoms with van der Waals surface area (Å²) >= 11 is 5.14. The van der Waals surface area contributed by atoms with E-state index >= 15 is 0 Å². The molecule has 1 aromatic heterocycles. The zero-order valence-corrected chi connectivity index (χ0v) is 13.8. The molecule has 5 nitrogen and oxygen atoms in total. The molecule has 2 aromatic rings. The van der Waals surface area contributed by atoms with Gasteiger partial charge in [0, 0.05) is 15.9 Å². The number of hydrogen-bond donors (Lipinski definition) is 2. The van der Waals surface area contributed by atoms with Crippen molar-refractivity contribution < 1.29 is 9.63 Å². The molecular weight excluding hydrogens is 354 g/mol. The molecule has 0 radical (unpaired) electrons. The van der Waals surface area contributed by atoms with Gasteiger partial charge in [0.15, 0.2) is 11.4 Å². The fraction of sp³-hybridized carbons (Fsp3) is 0.429. The normalized spacial score (nSPS) is 22.4. The smallest absolute Gasteiger partial charge is 0.259 e. The van der Waals surface area contributed by atoms with Crippen LogP contribution in [0.5, 0.6) is 0 Å². The Kier molecular flexibility index (Phi) is 4.63. The van der Waals surface area contributed by atoms with Crippen molar-refractivity contribution in [3.8, 4) is 0 Å². The van der Waals surface area contributed by atoms with Crippen molar-refractivity contribution in [1.29, 1.82) is 0 Å². The minimum atomic E-state index is -1.03. The van der Waals surface area contributed by atoms with Gasteiger partial charge in [0.25, 0.3) is 5.89 Å². The lowest BCUT2D eigenvalue weighted by Crippen LogP contribution is -2.43. The summed E-state index contributed by atoms with van der Waals surface area (Å²) in [5, 5.41) is 17.6. The van der Waals surface area contributed by atoms with E-state index in [1.807, 2.05) is 24.3 Å². The summed E-state index contributed by atoms with van der Waals surface area (Å²) in [4.78, 5) is 5.47. The maximum absolute atomic E-state index is 10.5. The topological polar surface area (TPSA) is 71.2 Å². The van der Waals surface area contributed by atoms with Crippen LogP contribution >= 0.6 is 27.7 Å². The van der Waals surface area contributed by atoms with Crippen molar-refractivity contribution in [3.05, 3.63) is 40.5 Å². The highest BCUT2D eigenvalue weighted by Gasteiger charge is 2.36. The Labute approximate surface area is 135 Å². The van der Waals surface area contributed by atoms with E-state index in [1.165, 1.54) is 0 Å². The number of nitrogens with one attached hydrogen (secondary N) is 1. The molecule has 0 amide bonds. The molecule has 1 atom stereocenters. The zero-order chi connectivity index (χ0) is 14.7. The molecule has 1 aromatic carbocycles. The molecule has 0 spiro atoms. The third-order valence-corrected chi connectivity index (χ3v) is 5.44. The average Bonchev–Trinajstić information content (AvgIpc) is 2.97. The molecule has 0 aliphatic carbocycles. The highest BCUT2D eigenvalue weighted by molar-refractivity contribution is 9.10. The van der Waals surface area contributed by atoms with Crippen LogP contribution in [0.25, 0.3) is 0 Å². The first-order valence-corrected chi connectivity index (χ1v) is 8.59. The van der Waals surface area contributed by atoms with Crippen molar-refractivity contribution in [1.82, 2.24) is 15.5 Å². The Balaban J connectivity index is 1.67. The highest BCUT2D eigenvalue weighted by atomic mass is 79.9. The maximum atomic E-state index is 10.5. The second-order valence-corrected chi connectivity index (χ2v) is 6.92. The van der Waals surface area contributed by atoms with Crippen LogP contribution in [-0.2, 0) is 11.4 Å². The third-order valence-electron chi connectivity index (χ3n) is 3.42. The molecule has 1 unspecified atom stereocenters. The lowest BCUT2D eigenvalue weighted by Gasteiger charge is -2.28. The molecule has 2 heterocycles. The standard InChI is InChI=1S/C14H16BrN3O2S/c15-10-4-1-2-5-11(10)21-8-12-17-13(20-18-12)14(19)6-3-7-16-9-14/h1-2,4-5,16,19H,3,6-9H2. The monoisotopic (exact) mass is 369 g/mol. The molecule has 112 valence electrons. The van der Waals surface area contributed by atoms with Crippen LogP contribution in [0, 0.1) is 0 Å². The predicted octanol–water partition coefficient (Wildman–Crippen LogP) is 2.70. The lowest BCUT2D eigenvalue weighted by molar-refractivity contribution is -0.0167. The predicted molar refractivity (Wildman–Crippen MR) is 84.0 cm³/mol. The van der Waals surface area contributed by atoms with Gasteiger partial charge in [0.2, 0.25) is 0 Å². The van der Waals surface area contributed by atoms with Gasteiger partial charge in [-0.3, -0.25) is 0 Å². The molecule has 21 heavy (non-hydrogen) atoms. The number of rotatable bonds is 4. The van der Waals surface area contributed by atoms with E-state index in [-0.39, 0.29) is 0 Å². The van der Waals surface area contributed by atoms with Crippen molar-refractivity contribution >= 4 is 27.7 Å². The van der Waals surface area contributed by atoms with E-state index in [0.29, 0.717) is 30.4 Å². The number of nitrogens with zero attached hydrogens (tertiary/aromatic N) is 2. The van der Waals surface area contributed by atoms with Crippen LogP contribution in [0.2, 0.25) is 0 Å². The molecule has 1 fully saturated rings. The van der Waals surface area contributed by atoms with Gasteiger partial charge in [-0.2, -0.15) is 4.98 Å². The van der Waals surface area contributed by atoms with Crippen molar-refractivity contribution in [2.75, 3.05) is 13.1 Å². The van der Waals surface area contributed by atoms with Crippen LogP contribution in [0.1, 0.15) is 24.6 Å². The van der Waals surface area contributed by atoms with Crippen LogP contribution < -0.4 is 5.32 Å². The molecule has 1 aliphatic rings. The van der Waals surface area contributed by atoms with E-state index in [9.17, 15) is 5.11 Å². The van der Waals surface area contributed by atoms with E-state index < -0.39 is 5.60 Å². The fourth-order valence-electron chi connectivity index (χ4n) is 2.28. The van der Waals surface area contributed by atoms with E-state index in [4.69, 9.17) is 4.52 Å². The lowest BCUT2D eigenvalue weighted by atomic mass is 9.94. The summed E-state index contributed by atoms with van der Waals surface area (Å²) in [6, 6.07) is 8.01. The molecule has 0 saturated carbocycles. The zero-order valence-electron chi connectivity index (χ0n) is 11.4. The van der Waals surface area contributed by atoms with Crippen LogP contribution in [0.4, 0.5) is 0 Å². The van der Waals surface area contributed by atoms with Crippen molar-refractivity contribution in [2.24, 2.45) is 0 Å². The summed E-state index contributed by atoms with van der Waals surface area (Å²) in [5.41, 5.74) is -1.03. The summed E-state index contributed by atoms with van der Waals surface area (Å²) < 4.78 is 6.30. The maximum Gasteiger partial charge on any atom is 0.259 e. The van der Waals surface area contributed by atoms with Gasteiger partial charge in [-0.05, 0) is 47.4 Å². The highest BCUT2D eigenvalue weighted by Crippen LogP contribution is 2.31. The first kappa shape index (κ1) is 15.0. The fourth-order valence-corrected chi connectivity index (χ4v) is 3.69. The Morgan fingerprint density at radius 3 is 3.05 bits per heavy atom. The molecule has 1 aliphatic heterocycles. The van der Waals surface area contributed by atoms with Crippen molar-refractivity contribution in [2.45, 2.75) is 29.1 Å². The van der Waals surface area contributed by atoms with E-state index in [0.717, 1.165) is 22.3 Å². The Hall–Kier alpha value is -0.890. The average molecular weight is 370 g/mol. The minimum absolute atomic E-state index is 0.317. The van der Waals surface area contributed by atoms with E-state index in [1.54, 1.807) is 11.8 Å². The Bertz CT molecular complexity index is 614. The van der Waals surface area contributed by atoms with Crippen LogP contribution in [0.3, 0.4) is 0 Å². The van der Waals surface area contributed by atoms with Gasteiger partial charge in [-0.25, -0.2) is 0 Å². The summed E-state index contributed by atoms with van der Waals surface area (Å²) in [5.74, 6) is 1.53. The first-order chi connectivity index (χ1) is 10.2. The summed E-state index contributed by atoms with van der Waals surface area (Å²) in [6.45, 7) is 1.38. The van der Waals surface area contributed by atoms with Crippen LogP contribution in [0.15, 0.2) is 38.2 Å². The Morgan fingerprint density at radius 1 is 1.43 bits per heavy atom. The Morgan fingerprint density at radius 2 is 2.29 bits per heavy atom. The number of thioether (sulfide) groups is 1.